The maximum Gasteiger partial charge on any atom is 0.276 e. The third-order valence-corrected chi connectivity index (χ3v) is 10.6. The predicted molar refractivity (Wildman–Crippen MR) is 204 cm³/mol. The molecule has 0 spiro atoms. The Balaban J connectivity index is 0.000000154. The first-order valence-electron chi connectivity index (χ1n) is 15.8. The number of rotatable bonds is 5. The molecule has 2 aromatic carbocycles. The van der Waals surface area contributed by atoms with Gasteiger partial charge in [0.2, 0.25) is 0 Å². The molecule has 0 bridgehead atoms. The Kier molecular flexibility index (Phi) is 8.43. The van der Waals surface area contributed by atoms with E-state index in [0.29, 0.717) is 21.0 Å². The highest BCUT2D eigenvalue weighted by Gasteiger charge is 2.20. The number of nitrogens with zero attached hydrogens (tertiary/aromatic N) is 8. The predicted octanol–water partition coefficient (Wildman–Crippen LogP) is 7.13. The Morgan fingerprint density at radius 1 is 0.633 bits per heavy atom. The van der Waals surface area contributed by atoms with Crippen molar-refractivity contribution >= 4 is 74.9 Å². The van der Waals surface area contributed by atoms with E-state index in [1.807, 2.05) is 113 Å². The maximum atomic E-state index is 13.2. The van der Waals surface area contributed by atoms with Gasteiger partial charge < -0.3 is 9.80 Å². The molecule has 6 heterocycles. The van der Waals surface area contributed by atoms with Crippen molar-refractivity contribution in [3.8, 4) is 11.4 Å². The first kappa shape index (κ1) is 32.1. The summed E-state index contributed by atoms with van der Waals surface area (Å²) in [4.78, 5) is 50.6. The van der Waals surface area contributed by atoms with Crippen LogP contribution in [0, 0.1) is 13.8 Å². The number of aromatic nitrogens is 6. The van der Waals surface area contributed by atoms with Crippen molar-refractivity contribution in [1.29, 1.82) is 0 Å². The number of hydrogen-bond acceptors (Lipinski definition) is 10. The van der Waals surface area contributed by atoms with Crippen molar-refractivity contribution < 1.29 is 0 Å². The molecule has 8 aromatic rings. The average molecular weight is 687 g/mol. The van der Waals surface area contributed by atoms with Gasteiger partial charge in [0.1, 0.15) is 41.7 Å². The lowest BCUT2D eigenvalue weighted by Crippen LogP contribution is -2.21. The van der Waals surface area contributed by atoms with Gasteiger partial charge in [-0.25, -0.2) is 19.9 Å². The van der Waals surface area contributed by atoms with E-state index in [4.69, 9.17) is 9.97 Å². The summed E-state index contributed by atoms with van der Waals surface area (Å²) in [6.45, 7) is 6.71. The number of hydrogen-bond donors (Lipinski definition) is 0. The quantitative estimate of drug-likeness (QED) is 0.189. The van der Waals surface area contributed by atoms with Crippen LogP contribution in [0.25, 0.3) is 52.2 Å². The maximum absolute atomic E-state index is 13.2. The lowest BCUT2D eigenvalue weighted by Gasteiger charge is -2.17. The molecule has 0 radical (unpaired) electrons. The van der Waals surface area contributed by atoms with Crippen molar-refractivity contribution in [1.82, 2.24) is 29.1 Å². The van der Waals surface area contributed by atoms with Crippen LogP contribution in [-0.4, -0.2) is 56.8 Å². The topological polar surface area (TPSA) is 102 Å². The van der Waals surface area contributed by atoms with E-state index < -0.39 is 0 Å². The second kappa shape index (κ2) is 12.9. The summed E-state index contributed by atoms with van der Waals surface area (Å²) in [5.41, 5.74) is 5.14. The second-order valence-corrected chi connectivity index (χ2v) is 13.8. The van der Waals surface area contributed by atoms with Crippen LogP contribution in [0.1, 0.15) is 18.6 Å². The number of aryl methyl sites for hydroxylation is 2. The molecule has 49 heavy (non-hydrogen) atoms. The molecule has 0 atom stereocenters. The summed E-state index contributed by atoms with van der Waals surface area (Å²) < 4.78 is 4.61. The Morgan fingerprint density at radius 3 is 1.49 bits per heavy atom. The van der Waals surface area contributed by atoms with Gasteiger partial charge in [0.25, 0.3) is 11.1 Å². The van der Waals surface area contributed by atoms with Crippen LogP contribution < -0.4 is 20.9 Å². The van der Waals surface area contributed by atoms with Gasteiger partial charge in [0.05, 0.1) is 33.5 Å². The van der Waals surface area contributed by atoms with Crippen LogP contribution >= 0.6 is 22.7 Å². The lowest BCUT2D eigenvalue weighted by molar-refractivity contribution is 0.898. The molecular formula is C37H34N8O2S2. The van der Waals surface area contributed by atoms with Crippen LogP contribution in [0.4, 0.5) is 11.4 Å². The molecule has 0 aliphatic heterocycles. The Labute approximate surface area is 290 Å². The van der Waals surface area contributed by atoms with Gasteiger partial charge in [0, 0.05) is 40.1 Å². The zero-order chi connectivity index (χ0) is 34.4. The highest BCUT2D eigenvalue weighted by Crippen LogP contribution is 2.37. The van der Waals surface area contributed by atoms with E-state index in [0.717, 1.165) is 60.8 Å². The smallest absolute Gasteiger partial charge is 0.276 e. The molecule has 0 saturated carbocycles. The standard InChI is InChI=1S/C19H18N4OS.C18H16N4OS/c1-4-22(3)14-10-11-20-18-15(14)16-17(25-18)19(24)23(12(2)21-16)13-8-6-5-7-9-13;1-11-20-15-14-13(21(2)3)9-10-19-17(14)24-16(15)18(23)22(11)12-7-5-4-6-8-12/h5-11H,4H2,1-3H3;4-10H,1-3H3. The molecule has 246 valence electrons. The molecule has 0 N–H and O–H groups in total. The van der Waals surface area contributed by atoms with Crippen LogP contribution in [0.15, 0.2) is 94.8 Å². The summed E-state index contributed by atoms with van der Waals surface area (Å²) >= 11 is 2.82. The Bertz CT molecular complexity index is 2610. The number of pyridine rings is 2. The Hall–Kier alpha value is -5.46. The molecule has 0 unspecified atom stereocenters. The van der Waals surface area contributed by atoms with E-state index in [9.17, 15) is 9.59 Å². The highest BCUT2D eigenvalue weighted by atomic mass is 32.1. The van der Waals surface area contributed by atoms with E-state index in [1.54, 1.807) is 21.5 Å². The Morgan fingerprint density at radius 2 is 1.06 bits per heavy atom. The number of para-hydroxylation sites is 2. The van der Waals surface area contributed by atoms with Gasteiger partial charge in [0.15, 0.2) is 0 Å². The van der Waals surface area contributed by atoms with Crippen molar-refractivity contribution in [2.75, 3.05) is 37.5 Å². The van der Waals surface area contributed by atoms with Crippen molar-refractivity contribution in [2.24, 2.45) is 0 Å². The third kappa shape index (κ3) is 5.52. The number of anilines is 2. The summed E-state index contributed by atoms with van der Waals surface area (Å²) in [5.74, 6) is 1.35. The largest absolute Gasteiger partial charge is 0.377 e. The van der Waals surface area contributed by atoms with Crippen LogP contribution in [0.3, 0.4) is 0 Å². The van der Waals surface area contributed by atoms with Gasteiger partial charge in [-0.3, -0.25) is 18.7 Å². The highest BCUT2D eigenvalue weighted by molar-refractivity contribution is 7.25. The first-order chi connectivity index (χ1) is 23.7. The first-order valence-corrected chi connectivity index (χ1v) is 17.4. The van der Waals surface area contributed by atoms with Crippen molar-refractivity contribution in [3.05, 3.63) is 118 Å². The summed E-state index contributed by atoms with van der Waals surface area (Å²) in [7, 11) is 6.00. The van der Waals surface area contributed by atoms with Crippen LogP contribution in [0.2, 0.25) is 0 Å². The van der Waals surface area contributed by atoms with Gasteiger partial charge >= 0.3 is 0 Å². The monoisotopic (exact) mass is 686 g/mol. The van der Waals surface area contributed by atoms with Crippen molar-refractivity contribution in [2.45, 2.75) is 20.8 Å². The molecule has 10 nitrogen and oxygen atoms in total. The van der Waals surface area contributed by atoms with Gasteiger partial charge in [-0.15, -0.1) is 22.7 Å². The molecule has 0 fully saturated rings. The minimum Gasteiger partial charge on any atom is -0.377 e. The molecule has 0 amide bonds. The minimum absolute atomic E-state index is 0.0400. The molecule has 0 aliphatic carbocycles. The number of benzene rings is 2. The fourth-order valence-electron chi connectivity index (χ4n) is 6.03. The average Bonchev–Trinajstić information content (AvgIpc) is 3.68. The summed E-state index contributed by atoms with van der Waals surface area (Å²) in [6.07, 6.45) is 3.57. The fourth-order valence-corrected chi connectivity index (χ4v) is 8.10. The summed E-state index contributed by atoms with van der Waals surface area (Å²) in [5, 5.41) is 1.91. The molecule has 0 aliphatic rings. The van der Waals surface area contributed by atoms with Gasteiger partial charge in [-0.05, 0) is 57.2 Å². The van der Waals surface area contributed by atoms with E-state index in [1.165, 1.54) is 22.7 Å². The van der Waals surface area contributed by atoms with Gasteiger partial charge in [-0.1, -0.05) is 36.4 Å². The summed E-state index contributed by atoms with van der Waals surface area (Å²) in [6, 6.07) is 23.2. The zero-order valence-electron chi connectivity index (χ0n) is 28.0. The normalized spacial score (nSPS) is 11.3. The second-order valence-electron chi connectivity index (χ2n) is 11.8. The minimum atomic E-state index is -0.0450. The molecule has 0 saturated heterocycles. The molecule has 6 aromatic heterocycles. The number of fused-ring (bicyclic) bond motifs is 6. The molecule has 8 rings (SSSR count). The van der Waals surface area contributed by atoms with Crippen LogP contribution in [0.5, 0.6) is 0 Å². The van der Waals surface area contributed by atoms with E-state index in [-0.39, 0.29) is 11.1 Å². The van der Waals surface area contributed by atoms with E-state index in [2.05, 4.69) is 21.8 Å². The van der Waals surface area contributed by atoms with E-state index >= 15 is 0 Å². The molecule has 12 heteroatoms. The third-order valence-electron chi connectivity index (χ3n) is 8.47. The lowest BCUT2D eigenvalue weighted by atomic mass is 10.2. The number of thiophene rings is 2. The SMILES string of the molecule is CCN(C)c1ccnc2sc3c(=O)n(-c4ccccc4)c(C)nc3c12.Cc1nc2c(sc3nccc(N(C)C)c32)c(=O)n1-c1ccccc1. The van der Waals surface area contributed by atoms with Crippen molar-refractivity contribution in [3.63, 3.8) is 0 Å². The fraction of sp³-hybridized carbons (Fsp3) is 0.189. The zero-order valence-corrected chi connectivity index (χ0v) is 29.6. The van der Waals surface area contributed by atoms with Crippen LogP contribution in [-0.2, 0) is 0 Å². The van der Waals surface area contributed by atoms with Gasteiger partial charge in [-0.2, -0.15) is 0 Å². The molecular weight excluding hydrogens is 653 g/mol.